The lowest BCUT2D eigenvalue weighted by Crippen LogP contribution is -2.50. The van der Waals surface area contributed by atoms with E-state index < -0.39 is 0 Å². The maximum Gasteiger partial charge on any atom is 0.241 e. The van der Waals surface area contributed by atoms with Gasteiger partial charge in [-0.15, -0.1) is 11.3 Å². The summed E-state index contributed by atoms with van der Waals surface area (Å²) >= 11 is 1.84. The summed E-state index contributed by atoms with van der Waals surface area (Å²) in [5.41, 5.74) is 2.20. The SMILES string of the molecule is Cc1ccccc1N1CCN(Cc2ccc([C@@H]3CCCCO3)s2)CC1=O. The zero-order valence-corrected chi connectivity index (χ0v) is 16.1. The standard InChI is InChI=1S/C21H26N2O2S/c1-16-6-2-3-7-18(16)23-12-11-22(15-21(23)24)14-17-9-10-20(26-17)19-8-4-5-13-25-19/h2-3,6-7,9-10,19H,4-5,8,11-15H2,1H3/t19-/m0/s1. The number of rotatable bonds is 4. The van der Waals surface area contributed by atoms with Crippen molar-refractivity contribution in [3.05, 3.63) is 51.7 Å². The van der Waals surface area contributed by atoms with Crippen LogP contribution in [0.1, 0.15) is 40.7 Å². The first-order chi connectivity index (χ1) is 12.7. The largest absolute Gasteiger partial charge is 0.373 e. The first-order valence-electron chi connectivity index (χ1n) is 9.49. The van der Waals surface area contributed by atoms with Crippen LogP contribution >= 0.6 is 11.3 Å². The molecule has 1 atom stereocenters. The molecule has 2 fully saturated rings. The van der Waals surface area contributed by atoms with E-state index in [0.29, 0.717) is 6.54 Å². The van der Waals surface area contributed by atoms with Crippen LogP contribution in [-0.4, -0.2) is 37.0 Å². The lowest BCUT2D eigenvalue weighted by Gasteiger charge is -2.34. The number of aryl methyl sites for hydroxylation is 1. The normalized spacial score (nSPS) is 22.0. The minimum atomic E-state index is 0.193. The molecule has 0 aliphatic carbocycles. The molecule has 1 aromatic carbocycles. The lowest BCUT2D eigenvalue weighted by atomic mass is 10.1. The lowest BCUT2D eigenvalue weighted by molar-refractivity contribution is -0.121. The number of amides is 1. The number of carbonyl (C=O) groups is 1. The Labute approximate surface area is 159 Å². The first kappa shape index (κ1) is 17.7. The van der Waals surface area contributed by atoms with Crippen LogP contribution in [-0.2, 0) is 16.1 Å². The average molecular weight is 371 g/mol. The minimum absolute atomic E-state index is 0.193. The summed E-state index contributed by atoms with van der Waals surface area (Å²) in [4.78, 5) is 19.5. The van der Waals surface area contributed by atoms with Gasteiger partial charge in [0.05, 0.1) is 12.6 Å². The molecular weight excluding hydrogens is 344 g/mol. The monoisotopic (exact) mass is 370 g/mol. The predicted molar refractivity (Wildman–Crippen MR) is 106 cm³/mol. The summed E-state index contributed by atoms with van der Waals surface area (Å²) in [7, 11) is 0. The van der Waals surface area contributed by atoms with Crippen LogP contribution in [0.25, 0.3) is 0 Å². The van der Waals surface area contributed by atoms with Gasteiger partial charge in [-0.3, -0.25) is 9.69 Å². The number of benzene rings is 1. The zero-order chi connectivity index (χ0) is 17.9. The van der Waals surface area contributed by atoms with Crippen LogP contribution in [0.2, 0.25) is 0 Å². The molecule has 2 aliphatic heterocycles. The third kappa shape index (κ3) is 3.85. The topological polar surface area (TPSA) is 32.8 Å². The van der Waals surface area contributed by atoms with Crippen molar-refractivity contribution in [2.45, 2.75) is 38.8 Å². The molecule has 0 unspecified atom stereocenters. The van der Waals surface area contributed by atoms with Gasteiger partial charge in [-0.25, -0.2) is 0 Å². The molecule has 0 saturated carbocycles. The second kappa shape index (κ2) is 7.91. The van der Waals surface area contributed by atoms with E-state index in [0.717, 1.165) is 43.9 Å². The van der Waals surface area contributed by atoms with E-state index in [2.05, 4.69) is 30.0 Å². The Hall–Kier alpha value is -1.69. The maximum atomic E-state index is 12.7. The van der Waals surface area contributed by atoms with Crippen molar-refractivity contribution >= 4 is 22.9 Å². The van der Waals surface area contributed by atoms with Crippen LogP contribution in [0, 0.1) is 6.92 Å². The van der Waals surface area contributed by atoms with Gasteiger partial charge in [-0.2, -0.15) is 0 Å². The summed E-state index contributed by atoms with van der Waals surface area (Å²) in [6, 6.07) is 12.5. The highest BCUT2D eigenvalue weighted by molar-refractivity contribution is 7.12. The maximum absolute atomic E-state index is 12.7. The molecule has 2 saturated heterocycles. The van der Waals surface area contributed by atoms with Crippen LogP contribution in [0.4, 0.5) is 5.69 Å². The smallest absolute Gasteiger partial charge is 0.241 e. The Bertz CT molecular complexity index is 767. The van der Waals surface area contributed by atoms with Crippen molar-refractivity contribution in [1.29, 1.82) is 0 Å². The molecule has 2 aromatic rings. The number of ether oxygens (including phenoxy) is 1. The summed E-state index contributed by atoms with van der Waals surface area (Å²) in [5, 5.41) is 0. The van der Waals surface area contributed by atoms with Gasteiger partial charge in [0.2, 0.25) is 5.91 Å². The Kier molecular flexibility index (Phi) is 5.38. The molecule has 0 bridgehead atoms. The highest BCUT2D eigenvalue weighted by Gasteiger charge is 2.26. The molecule has 1 amide bonds. The fourth-order valence-corrected chi connectivity index (χ4v) is 4.96. The Morgan fingerprint density at radius 2 is 2.04 bits per heavy atom. The van der Waals surface area contributed by atoms with E-state index in [1.807, 2.05) is 34.4 Å². The summed E-state index contributed by atoms with van der Waals surface area (Å²) < 4.78 is 5.89. The van der Waals surface area contributed by atoms with E-state index in [9.17, 15) is 4.79 Å². The zero-order valence-electron chi connectivity index (χ0n) is 15.3. The first-order valence-corrected chi connectivity index (χ1v) is 10.3. The van der Waals surface area contributed by atoms with E-state index in [1.165, 1.54) is 22.6 Å². The van der Waals surface area contributed by atoms with Gasteiger partial charge in [0.25, 0.3) is 0 Å². The fraction of sp³-hybridized carbons (Fsp3) is 0.476. The fourth-order valence-electron chi connectivity index (χ4n) is 3.82. The van der Waals surface area contributed by atoms with Gasteiger partial charge in [-0.05, 0) is 49.9 Å². The summed E-state index contributed by atoms with van der Waals surface area (Å²) in [5.74, 6) is 0.193. The Morgan fingerprint density at radius 3 is 2.81 bits per heavy atom. The minimum Gasteiger partial charge on any atom is -0.373 e. The van der Waals surface area contributed by atoms with E-state index in [4.69, 9.17) is 4.74 Å². The molecule has 138 valence electrons. The molecule has 2 aliphatic rings. The van der Waals surface area contributed by atoms with Crippen molar-refractivity contribution in [3.8, 4) is 0 Å². The molecular formula is C21H26N2O2S. The predicted octanol–water partition coefficient (Wildman–Crippen LogP) is 4.15. The van der Waals surface area contributed by atoms with Crippen molar-refractivity contribution in [2.75, 3.05) is 31.1 Å². The molecule has 4 nitrogen and oxygen atoms in total. The van der Waals surface area contributed by atoms with Crippen LogP contribution in [0.15, 0.2) is 36.4 Å². The van der Waals surface area contributed by atoms with E-state index >= 15 is 0 Å². The molecule has 0 spiro atoms. The van der Waals surface area contributed by atoms with E-state index in [-0.39, 0.29) is 12.0 Å². The van der Waals surface area contributed by atoms with Crippen LogP contribution in [0.3, 0.4) is 0 Å². The second-order valence-electron chi connectivity index (χ2n) is 7.20. The number of piperazine rings is 1. The number of thiophene rings is 1. The van der Waals surface area contributed by atoms with Gasteiger partial charge < -0.3 is 9.64 Å². The highest BCUT2D eigenvalue weighted by Crippen LogP contribution is 2.33. The van der Waals surface area contributed by atoms with Crippen molar-refractivity contribution in [1.82, 2.24) is 4.90 Å². The van der Waals surface area contributed by atoms with E-state index in [1.54, 1.807) is 0 Å². The van der Waals surface area contributed by atoms with Crippen LogP contribution in [0.5, 0.6) is 0 Å². The van der Waals surface area contributed by atoms with Crippen molar-refractivity contribution in [3.63, 3.8) is 0 Å². The van der Waals surface area contributed by atoms with Crippen molar-refractivity contribution < 1.29 is 9.53 Å². The third-order valence-corrected chi connectivity index (χ3v) is 6.43. The summed E-state index contributed by atoms with van der Waals surface area (Å²) in [6.07, 6.45) is 3.85. The van der Waals surface area contributed by atoms with Crippen molar-refractivity contribution in [2.24, 2.45) is 0 Å². The number of anilines is 1. The molecule has 0 N–H and O–H groups in total. The Balaban J connectivity index is 1.37. The quantitative estimate of drug-likeness (QED) is 0.811. The molecule has 1 aromatic heterocycles. The average Bonchev–Trinajstić information content (AvgIpc) is 3.12. The number of hydrogen-bond donors (Lipinski definition) is 0. The third-order valence-electron chi connectivity index (χ3n) is 5.26. The molecule has 0 radical (unpaired) electrons. The van der Waals surface area contributed by atoms with Gasteiger partial charge in [-0.1, -0.05) is 18.2 Å². The second-order valence-corrected chi connectivity index (χ2v) is 8.40. The number of nitrogens with zero attached hydrogens (tertiary/aromatic N) is 2. The molecule has 5 heteroatoms. The van der Waals surface area contributed by atoms with Gasteiger partial charge in [0.1, 0.15) is 0 Å². The molecule has 4 rings (SSSR count). The van der Waals surface area contributed by atoms with Gasteiger partial charge in [0, 0.05) is 41.7 Å². The number of carbonyl (C=O) groups excluding carboxylic acids is 1. The molecule has 3 heterocycles. The number of para-hydroxylation sites is 1. The molecule has 26 heavy (non-hydrogen) atoms. The summed E-state index contributed by atoms with van der Waals surface area (Å²) in [6.45, 7) is 5.95. The van der Waals surface area contributed by atoms with Gasteiger partial charge >= 0.3 is 0 Å². The Morgan fingerprint density at radius 1 is 1.15 bits per heavy atom. The van der Waals surface area contributed by atoms with Gasteiger partial charge in [0.15, 0.2) is 0 Å². The highest BCUT2D eigenvalue weighted by atomic mass is 32.1. The van der Waals surface area contributed by atoms with Crippen LogP contribution < -0.4 is 4.90 Å². The number of hydrogen-bond acceptors (Lipinski definition) is 4.